The van der Waals surface area contributed by atoms with Crippen LogP contribution in [-0.4, -0.2) is 40.0 Å². The van der Waals surface area contributed by atoms with Crippen LogP contribution in [0.3, 0.4) is 0 Å². The van der Waals surface area contributed by atoms with Crippen LogP contribution in [0.1, 0.15) is 11.1 Å². The largest absolute Gasteiger partial charge is 0.508 e. The highest BCUT2D eigenvalue weighted by Gasteiger charge is 2.55. The number of carbonyl (C=O) groups excluding carboxylic acids is 2. The van der Waals surface area contributed by atoms with Crippen LogP contribution in [0.5, 0.6) is 11.5 Å². The number of hydrogen-bond donors (Lipinski definition) is 3. The van der Waals surface area contributed by atoms with E-state index in [0.29, 0.717) is 11.1 Å². The Bertz CT molecular complexity index is 881. The van der Waals surface area contributed by atoms with Crippen LogP contribution in [0.15, 0.2) is 54.3 Å². The van der Waals surface area contributed by atoms with Crippen molar-refractivity contribution < 1.29 is 34.4 Å². The second kappa shape index (κ2) is 6.44. The molecule has 1 heterocycles. The first-order valence-electron chi connectivity index (χ1n) is 7.70. The van der Waals surface area contributed by atoms with Crippen molar-refractivity contribution in [3.8, 4) is 11.5 Å². The topological polar surface area (TPSA) is 113 Å². The first-order valence-corrected chi connectivity index (χ1v) is 7.70. The predicted molar refractivity (Wildman–Crippen MR) is 90.3 cm³/mol. The van der Waals surface area contributed by atoms with Crippen LogP contribution >= 0.6 is 0 Å². The highest BCUT2D eigenvalue weighted by Crippen LogP contribution is 2.42. The molecule has 0 aliphatic carbocycles. The summed E-state index contributed by atoms with van der Waals surface area (Å²) in [6.07, 6.45) is -0.105. The molecule has 7 heteroatoms. The van der Waals surface area contributed by atoms with Crippen molar-refractivity contribution >= 4 is 17.5 Å². The molecule has 0 bridgehead atoms. The van der Waals surface area contributed by atoms with Crippen molar-refractivity contribution in [2.75, 3.05) is 7.11 Å². The normalized spacial score (nSPS) is 19.3. The molecule has 0 unspecified atom stereocenters. The molecule has 2 aromatic carbocycles. The van der Waals surface area contributed by atoms with Crippen molar-refractivity contribution in [2.45, 2.75) is 12.0 Å². The molecular formula is C19H16O7. The summed E-state index contributed by atoms with van der Waals surface area (Å²) in [5.41, 5.74) is -1.02. The minimum Gasteiger partial charge on any atom is -0.508 e. The SMILES string of the molecule is COC(=O)[C@]1(Cc2ccc(O)cc2)OC(=O)C(O)=C1c1ccc(O)cc1. The minimum atomic E-state index is -1.89. The summed E-state index contributed by atoms with van der Waals surface area (Å²) in [7, 11) is 1.15. The fraction of sp³-hybridized carbons (Fsp3) is 0.158. The maximum Gasteiger partial charge on any atom is 0.375 e. The summed E-state index contributed by atoms with van der Waals surface area (Å²) >= 11 is 0. The first kappa shape index (κ1) is 17.3. The fourth-order valence-corrected chi connectivity index (χ4v) is 2.96. The van der Waals surface area contributed by atoms with E-state index in [1.807, 2.05) is 0 Å². The van der Waals surface area contributed by atoms with Gasteiger partial charge in [-0.1, -0.05) is 24.3 Å². The number of phenols is 2. The molecule has 0 amide bonds. The van der Waals surface area contributed by atoms with Gasteiger partial charge >= 0.3 is 11.9 Å². The molecule has 0 fully saturated rings. The number of cyclic esters (lactones) is 1. The number of aromatic hydroxyl groups is 2. The molecule has 134 valence electrons. The van der Waals surface area contributed by atoms with Gasteiger partial charge in [0.2, 0.25) is 11.4 Å². The first-order chi connectivity index (χ1) is 12.4. The van der Waals surface area contributed by atoms with Gasteiger partial charge in [-0.05, 0) is 35.4 Å². The van der Waals surface area contributed by atoms with Crippen molar-refractivity contribution in [3.05, 3.63) is 65.4 Å². The molecule has 1 atom stereocenters. The molecule has 3 N–H and O–H groups in total. The van der Waals surface area contributed by atoms with E-state index in [1.165, 1.54) is 36.4 Å². The van der Waals surface area contributed by atoms with Gasteiger partial charge in [0.1, 0.15) is 11.5 Å². The number of benzene rings is 2. The quantitative estimate of drug-likeness (QED) is 0.719. The molecule has 26 heavy (non-hydrogen) atoms. The lowest BCUT2D eigenvalue weighted by atomic mass is 9.83. The number of esters is 2. The number of ether oxygens (including phenoxy) is 2. The van der Waals surface area contributed by atoms with E-state index in [9.17, 15) is 24.9 Å². The van der Waals surface area contributed by atoms with Crippen LogP contribution < -0.4 is 0 Å². The van der Waals surface area contributed by atoms with Crippen LogP contribution in [-0.2, 0) is 25.5 Å². The van der Waals surface area contributed by atoms with Gasteiger partial charge < -0.3 is 24.8 Å². The maximum absolute atomic E-state index is 12.6. The van der Waals surface area contributed by atoms with E-state index < -0.39 is 23.3 Å². The second-order valence-electron chi connectivity index (χ2n) is 5.82. The zero-order valence-corrected chi connectivity index (χ0v) is 13.8. The van der Waals surface area contributed by atoms with Gasteiger partial charge in [0.05, 0.1) is 12.7 Å². The number of rotatable bonds is 4. The molecule has 3 rings (SSSR count). The van der Waals surface area contributed by atoms with E-state index in [-0.39, 0.29) is 23.5 Å². The summed E-state index contributed by atoms with van der Waals surface area (Å²) in [5.74, 6) is -2.56. The lowest BCUT2D eigenvalue weighted by molar-refractivity contribution is -0.169. The summed E-state index contributed by atoms with van der Waals surface area (Å²) < 4.78 is 10.1. The zero-order chi connectivity index (χ0) is 18.9. The zero-order valence-electron chi connectivity index (χ0n) is 13.8. The van der Waals surface area contributed by atoms with Gasteiger partial charge in [-0.3, -0.25) is 0 Å². The summed E-state index contributed by atoms with van der Waals surface area (Å²) in [5, 5.41) is 29.2. The Morgan fingerprint density at radius 3 is 2.08 bits per heavy atom. The second-order valence-corrected chi connectivity index (χ2v) is 5.82. The molecular weight excluding hydrogens is 340 g/mol. The van der Waals surface area contributed by atoms with Crippen molar-refractivity contribution in [1.29, 1.82) is 0 Å². The van der Waals surface area contributed by atoms with Crippen LogP contribution in [0.4, 0.5) is 0 Å². The number of carbonyl (C=O) groups is 2. The molecule has 1 aliphatic heterocycles. The Labute approximate surface area is 148 Å². The van der Waals surface area contributed by atoms with Crippen LogP contribution in [0.2, 0.25) is 0 Å². The number of methoxy groups -OCH3 is 1. The van der Waals surface area contributed by atoms with Gasteiger partial charge in [-0.25, -0.2) is 9.59 Å². The van der Waals surface area contributed by atoms with E-state index in [1.54, 1.807) is 12.1 Å². The Morgan fingerprint density at radius 1 is 1.00 bits per heavy atom. The lowest BCUT2D eigenvalue weighted by Crippen LogP contribution is -2.44. The third-order valence-corrected chi connectivity index (χ3v) is 4.16. The number of phenolic OH excluding ortho intramolecular Hbond substituents is 2. The predicted octanol–water partition coefficient (Wildman–Crippen LogP) is 2.08. The summed E-state index contributed by atoms with van der Waals surface area (Å²) in [6.45, 7) is 0. The van der Waals surface area contributed by atoms with Crippen LogP contribution in [0.25, 0.3) is 5.57 Å². The van der Waals surface area contributed by atoms with Gasteiger partial charge in [-0.15, -0.1) is 0 Å². The number of aliphatic hydroxyl groups is 1. The standard InChI is InChI=1S/C19H16O7/c1-25-18(24)19(10-11-2-6-13(20)7-3-11)15(16(22)17(23)26-19)12-4-8-14(21)9-5-12/h2-9,20-22H,10H2,1H3/t19-/m1/s1. The molecule has 0 radical (unpaired) electrons. The van der Waals surface area contributed by atoms with Gasteiger partial charge in [0.15, 0.2) is 0 Å². The molecule has 0 spiro atoms. The third kappa shape index (κ3) is 2.83. The minimum absolute atomic E-state index is 0.0127. The number of hydrogen-bond acceptors (Lipinski definition) is 7. The van der Waals surface area contributed by atoms with Crippen molar-refractivity contribution in [1.82, 2.24) is 0 Å². The average molecular weight is 356 g/mol. The highest BCUT2D eigenvalue weighted by atomic mass is 16.6. The van der Waals surface area contributed by atoms with Gasteiger partial charge in [-0.2, -0.15) is 0 Å². The van der Waals surface area contributed by atoms with E-state index in [0.717, 1.165) is 7.11 Å². The Kier molecular flexibility index (Phi) is 4.29. The third-order valence-electron chi connectivity index (χ3n) is 4.16. The molecule has 0 aromatic heterocycles. The molecule has 7 nitrogen and oxygen atoms in total. The monoisotopic (exact) mass is 356 g/mol. The summed E-state index contributed by atoms with van der Waals surface area (Å²) in [6, 6.07) is 11.6. The molecule has 2 aromatic rings. The molecule has 0 saturated carbocycles. The molecule has 1 aliphatic rings. The average Bonchev–Trinajstić information content (AvgIpc) is 2.88. The van der Waals surface area contributed by atoms with E-state index in [4.69, 9.17) is 9.47 Å². The smallest absolute Gasteiger partial charge is 0.375 e. The fourth-order valence-electron chi connectivity index (χ4n) is 2.96. The van der Waals surface area contributed by atoms with Crippen molar-refractivity contribution in [3.63, 3.8) is 0 Å². The van der Waals surface area contributed by atoms with E-state index >= 15 is 0 Å². The maximum atomic E-state index is 12.6. The van der Waals surface area contributed by atoms with Crippen molar-refractivity contribution in [2.24, 2.45) is 0 Å². The Hall–Kier alpha value is -3.48. The summed E-state index contributed by atoms with van der Waals surface area (Å²) in [4.78, 5) is 24.7. The van der Waals surface area contributed by atoms with Gasteiger partial charge in [0.25, 0.3) is 0 Å². The van der Waals surface area contributed by atoms with Crippen LogP contribution in [0, 0.1) is 0 Å². The lowest BCUT2D eigenvalue weighted by Gasteiger charge is -2.28. The van der Waals surface area contributed by atoms with E-state index in [2.05, 4.69) is 0 Å². The Balaban J connectivity index is 2.15. The highest BCUT2D eigenvalue weighted by molar-refractivity contribution is 6.11. The van der Waals surface area contributed by atoms with Gasteiger partial charge in [0, 0.05) is 6.42 Å². The number of aliphatic hydroxyl groups excluding tert-OH is 1. The molecule has 0 saturated heterocycles. The Morgan fingerprint density at radius 2 is 1.54 bits per heavy atom.